The van der Waals surface area contributed by atoms with E-state index in [1.807, 2.05) is 37.3 Å². The van der Waals surface area contributed by atoms with Gasteiger partial charge in [-0.3, -0.25) is 14.1 Å². The Labute approximate surface area is 189 Å². The molecular formula is C23H22N6O4. The number of hydrogen-bond acceptors (Lipinski definition) is 7. The standard InChI is InChI=1S/C23H22N6O4/c1-14-8-9-15(20-26-22(33-27-20)17-6-5-11-29(17)23(31)32-2)12-16(14)25-21(30)18-13-24-19-7-3-4-10-28(18)19/h3-4,7-10,12-13,17H,5-6,11H2,1-2H3,(H,25,30). The van der Waals surface area contributed by atoms with Gasteiger partial charge in [0.05, 0.1) is 13.3 Å². The third kappa shape index (κ3) is 3.79. The van der Waals surface area contributed by atoms with Gasteiger partial charge in [-0.15, -0.1) is 0 Å². The zero-order chi connectivity index (χ0) is 22.9. The fourth-order valence-corrected chi connectivity index (χ4v) is 4.03. The number of hydrogen-bond donors (Lipinski definition) is 1. The van der Waals surface area contributed by atoms with E-state index in [1.165, 1.54) is 7.11 Å². The fraction of sp³-hybridized carbons (Fsp3) is 0.261. The zero-order valence-electron chi connectivity index (χ0n) is 18.2. The van der Waals surface area contributed by atoms with E-state index < -0.39 is 6.09 Å². The lowest BCUT2D eigenvalue weighted by molar-refractivity contribution is 0.102. The number of aryl methyl sites for hydroxylation is 1. The zero-order valence-corrected chi connectivity index (χ0v) is 18.2. The second-order valence-corrected chi connectivity index (χ2v) is 7.83. The molecular weight excluding hydrogens is 424 g/mol. The van der Waals surface area contributed by atoms with E-state index in [-0.39, 0.29) is 11.9 Å². The third-order valence-corrected chi connectivity index (χ3v) is 5.78. The van der Waals surface area contributed by atoms with E-state index in [9.17, 15) is 9.59 Å². The van der Waals surface area contributed by atoms with Crippen molar-refractivity contribution in [1.82, 2.24) is 24.4 Å². The van der Waals surface area contributed by atoms with E-state index in [0.29, 0.717) is 40.9 Å². The lowest BCUT2D eigenvalue weighted by Crippen LogP contribution is -2.30. The summed E-state index contributed by atoms with van der Waals surface area (Å²) in [4.78, 5) is 35.3. The molecule has 168 valence electrons. The van der Waals surface area contributed by atoms with Crippen LogP contribution in [0.15, 0.2) is 53.3 Å². The van der Waals surface area contributed by atoms with Gasteiger partial charge >= 0.3 is 6.09 Å². The van der Waals surface area contributed by atoms with Crippen molar-refractivity contribution in [1.29, 1.82) is 0 Å². The number of methoxy groups -OCH3 is 1. The SMILES string of the molecule is COC(=O)N1CCCC1c1nc(-c2ccc(C)c(NC(=O)c3cnc4ccccn34)c2)no1. The van der Waals surface area contributed by atoms with E-state index in [2.05, 4.69) is 20.4 Å². The van der Waals surface area contributed by atoms with E-state index in [0.717, 1.165) is 18.4 Å². The van der Waals surface area contributed by atoms with E-state index in [1.54, 1.807) is 27.8 Å². The summed E-state index contributed by atoms with van der Waals surface area (Å²) in [6.07, 6.45) is 4.49. The van der Waals surface area contributed by atoms with Crippen LogP contribution in [0.4, 0.5) is 10.5 Å². The average Bonchev–Trinajstić information content (AvgIpc) is 3.58. The van der Waals surface area contributed by atoms with Gasteiger partial charge < -0.3 is 14.6 Å². The first-order valence-electron chi connectivity index (χ1n) is 10.6. The number of aromatic nitrogens is 4. The molecule has 1 aromatic carbocycles. The van der Waals surface area contributed by atoms with Crippen LogP contribution in [0.1, 0.15) is 40.8 Å². The van der Waals surface area contributed by atoms with Crippen LogP contribution in [0.25, 0.3) is 17.0 Å². The molecule has 1 aliphatic rings. The Morgan fingerprint density at radius 3 is 2.97 bits per heavy atom. The molecule has 0 radical (unpaired) electrons. The molecule has 0 bridgehead atoms. The first kappa shape index (κ1) is 20.7. The number of rotatable bonds is 4. The summed E-state index contributed by atoms with van der Waals surface area (Å²) in [5.41, 5.74) is 3.33. The number of pyridine rings is 1. The summed E-state index contributed by atoms with van der Waals surface area (Å²) >= 11 is 0. The number of fused-ring (bicyclic) bond motifs is 1. The average molecular weight is 446 g/mol. The summed E-state index contributed by atoms with van der Waals surface area (Å²) in [5, 5.41) is 7.05. The number of carbonyl (C=O) groups excluding carboxylic acids is 2. The number of likely N-dealkylation sites (tertiary alicyclic amines) is 1. The van der Waals surface area contributed by atoms with Crippen molar-refractivity contribution >= 4 is 23.3 Å². The second kappa shape index (κ2) is 8.38. The first-order valence-corrected chi connectivity index (χ1v) is 10.6. The minimum absolute atomic E-state index is 0.276. The largest absolute Gasteiger partial charge is 0.453 e. The van der Waals surface area contributed by atoms with Crippen LogP contribution in [0, 0.1) is 6.92 Å². The minimum atomic E-state index is -0.412. The van der Waals surface area contributed by atoms with Crippen LogP contribution in [0.5, 0.6) is 0 Å². The second-order valence-electron chi connectivity index (χ2n) is 7.83. The summed E-state index contributed by atoms with van der Waals surface area (Å²) in [6, 6.07) is 10.8. The van der Waals surface area contributed by atoms with Crippen molar-refractivity contribution in [2.24, 2.45) is 0 Å². The number of ether oxygens (including phenoxy) is 1. The lowest BCUT2D eigenvalue weighted by atomic mass is 10.1. The van der Waals surface area contributed by atoms with Crippen molar-refractivity contribution in [3.8, 4) is 11.4 Å². The smallest absolute Gasteiger partial charge is 0.410 e. The molecule has 1 fully saturated rings. The van der Waals surface area contributed by atoms with Crippen LogP contribution in [-0.4, -0.2) is 50.1 Å². The Balaban J connectivity index is 1.39. The van der Waals surface area contributed by atoms with Gasteiger partial charge in [-0.05, 0) is 43.5 Å². The number of anilines is 1. The highest BCUT2D eigenvalue weighted by molar-refractivity contribution is 6.04. The molecule has 0 saturated carbocycles. The van der Waals surface area contributed by atoms with Crippen LogP contribution in [0.3, 0.4) is 0 Å². The van der Waals surface area contributed by atoms with Gasteiger partial charge in [-0.2, -0.15) is 4.98 Å². The van der Waals surface area contributed by atoms with Crippen LogP contribution >= 0.6 is 0 Å². The molecule has 1 unspecified atom stereocenters. The van der Waals surface area contributed by atoms with Gasteiger partial charge in [0.15, 0.2) is 0 Å². The van der Waals surface area contributed by atoms with Gasteiger partial charge in [-0.1, -0.05) is 23.4 Å². The Bertz CT molecular complexity index is 1340. The molecule has 10 nitrogen and oxygen atoms in total. The van der Waals surface area contributed by atoms with Crippen molar-refractivity contribution in [3.05, 3.63) is 65.9 Å². The number of imidazole rings is 1. The predicted octanol–water partition coefficient (Wildman–Crippen LogP) is 3.85. The molecule has 1 N–H and O–H groups in total. The number of nitrogens with one attached hydrogen (secondary N) is 1. The minimum Gasteiger partial charge on any atom is -0.453 e. The van der Waals surface area contributed by atoms with Gasteiger partial charge in [0, 0.05) is 24.0 Å². The maximum Gasteiger partial charge on any atom is 0.410 e. The van der Waals surface area contributed by atoms with Crippen molar-refractivity contribution in [2.45, 2.75) is 25.8 Å². The van der Waals surface area contributed by atoms with Gasteiger partial charge in [0.25, 0.3) is 5.91 Å². The highest BCUT2D eigenvalue weighted by Gasteiger charge is 2.34. The topological polar surface area (TPSA) is 115 Å². The van der Waals surface area contributed by atoms with Crippen molar-refractivity contribution in [2.75, 3.05) is 19.0 Å². The molecule has 33 heavy (non-hydrogen) atoms. The third-order valence-electron chi connectivity index (χ3n) is 5.78. The highest BCUT2D eigenvalue weighted by atomic mass is 16.5. The molecule has 2 amide bonds. The summed E-state index contributed by atoms with van der Waals surface area (Å²) < 4.78 is 12.1. The molecule has 3 aromatic heterocycles. The van der Waals surface area contributed by atoms with E-state index in [4.69, 9.17) is 9.26 Å². The molecule has 1 atom stereocenters. The lowest BCUT2D eigenvalue weighted by Gasteiger charge is -2.19. The Morgan fingerprint density at radius 1 is 1.24 bits per heavy atom. The maximum atomic E-state index is 12.9. The number of carbonyl (C=O) groups is 2. The molecule has 4 aromatic rings. The molecule has 1 aliphatic heterocycles. The van der Waals surface area contributed by atoms with Crippen molar-refractivity contribution in [3.63, 3.8) is 0 Å². The fourth-order valence-electron chi connectivity index (χ4n) is 4.03. The number of nitrogens with zero attached hydrogens (tertiary/aromatic N) is 5. The monoisotopic (exact) mass is 446 g/mol. The first-order chi connectivity index (χ1) is 16.0. The summed E-state index contributed by atoms with van der Waals surface area (Å²) in [7, 11) is 1.35. The van der Waals surface area contributed by atoms with Gasteiger partial charge in [0.1, 0.15) is 17.4 Å². The van der Waals surface area contributed by atoms with E-state index >= 15 is 0 Å². The molecule has 0 aliphatic carbocycles. The quantitative estimate of drug-likeness (QED) is 0.506. The predicted molar refractivity (Wildman–Crippen MR) is 119 cm³/mol. The van der Waals surface area contributed by atoms with Crippen molar-refractivity contribution < 1.29 is 18.8 Å². The molecule has 0 spiro atoms. The van der Waals surface area contributed by atoms with Gasteiger partial charge in [-0.25, -0.2) is 9.78 Å². The summed E-state index contributed by atoms with van der Waals surface area (Å²) in [6.45, 7) is 2.49. The normalized spacial score (nSPS) is 15.7. The Kier molecular flexibility index (Phi) is 5.25. The van der Waals surface area contributed by atoms with Crippen LogP contribution in [0.2, 0.25) is 0 Å². The number of benzene rings is 1. The molecule has 10 heteroatoms. The molecule has 5 rings (SSSR count). The molecule has 4 heterocycles. The van der Waals surface area contributed by atoms with Crippen LogP contribution in [-0.2, 0) is 4.74 Å². The number of amides is 2. The summed E-state index contributed by atoms with van der Waals surface area (Å²) in [5.74, 6) is 0.472. The van der Waals surface area contributed by atoms with Gasteiger partial charge in [0.2, 0.25) is 11.7 Å². The molecule has 1 saturated heterocycles. The Morgan fingerprint density at radius 2 is 2.12 bits per heavy atom. The maximum absolute atomic E-state index is 12.9. The highest BCUT2D eigenvalue weighted by Crippen LogP contribution is 2.33. The Hall–Kier alpha value is -4.21. The van der Waals surface area contributed by atoms with Crippen LogP contribution < -0.4 is 5.32 Å².